The minimum Gasteiger partial charge on any atom is -0.480 e. The van der Waals surface area contributed by atoms with Crippen LogP contribution in [-0.2, 0) is 6.54 Å². The highest BCUT2D eigenvalue weighted by Crippen LogP contribution is 2.19. The second-order valence-electron chi connectivity index (χ2n) is 5.46. The number of anilines is 1. The lowest BCUT2D eigenvalue weighted by atomic mass is 10.2. The fourth-order valence-corrected chi connectivity index (χ4v) is 2.69. The molecule has 1 aliphatic heterocycles. The molecule has 0 saturated carbocycles. The van der Waals surface area contributed by atoms with Crippen LogP contribution in [0.4, 0.5) is 5.82 Å². The average Bonchev–Trinajstić information content (AvgIpc) is 3.14. The number of ether oxygens (including phenoxy) is 1. The Morgan fingerprint density at radius 3 is 2.87 bits per heavy atom. The number of aromatic nitrogens is 2. The van der Waals surface area contributed by atoms with Gasteiger partial charge in [-0.05, 0) is 42.7 Å². The van der Waals surface area contributed by atoms with Crippen LogP contribution < -0.4 is 15.0 Å². The summed E-state index contributed by atoms with van der Waals surface area (Å²) in [7, 11) is 1.50. The molecule has 1 N–H and O–H groups in total. The SMILES string of the molecule is COc1ncccc1C(=O)NCc1ccnc(N2CCCC2)c1. The Morgan fingerprint density at radius 1 is 1.26 bits per heavy atom. The van der Waals surface area contributed by atoms with Gasteiger partial charge in [0.05, 0.1) is 7.11 Å². The number of hydrogen-bond donors (Lipinski definition) is 1. The third kappa shape index (κ3) is 3.59. The first-order chi connectivity index (χ1) is 11.3. The first-order valence-corrected chi connectivity index (χ1v) is 7.75. The fourth-order valence-electron chi connectivity index (χ4n) is 2.69. The van der Waals surface area contributed by atoms with E-state index in [0.29, 0.717) is 18.0 Å². The number of amides is 1. The number of nitrogens with one attached hydrogen (secondary N) is 1. The summed E-state index contributed by atoms with van der Waals surface area (Å²) in [5, 5.41) is 2.90. The molecule has 1 fully saturated rings. The van der Waals surface area contributed by atoms with Crippen LogP contribution in [-0.4, -0.2) is 36.1 Å². The monoisotopic (exact) mass is 312 g/mol. The molecule has 0 aromatic carbocycles. The lowest BCUT2D eigenvalue weighted by Gasteiger charge is -2.17. The van der Waals surface area contributed by atoms with Gasteiger partial charge in [-0.3, -0.25) is 4.79 Å². The zero-order valence-electron chi connectivity index (χ0n) is 13.2. The van der Waals surface area contributed by atoms with Crippen molar-refractivity contribution in [2.75, 3.05) is 25.1 Å². The van der Waals surface area contributed by atoms with Gasteiger partial charge in [-0.2, -0.15) is 0 Å². The maximum atomic E-state index is 12.3. The first kappa shape index (κ1) is 15.3. The predicted molar refractivity (Wildman–Crippen MR) is 87.6 cm³/mol. The van der Waals surface area contributed by atoms with Crippen molar-refractivity contribution < 1.29 is 9.53 Å². The van der Waals surface area contributed by atoms with Crippen molar-refractivity contribution in [3.05, 3.63) is 47.8 Å². The van der Waals surface area contributed by atoms with Gasteiger partial charge in [-0.1, -0.05) is 0 Å². The molecule has 1 saturated heterocycles. The van der Waals surface area contributed by atoms with E-state index in [1.807, 2.05) is 12.1 Å². The second kappa shape index (κ2) is 7.09. The van der Waals surface area contributed by atoms with Gasteiger partial charge in [0.15, 0.2) is 0 Å². The first-order valence-electron chi connectivity index (χ1n) is 7.75. The van der Waals surface area contributed by atoms with Crippen molar-refractivity contribution in [1.82, 2.24) is 15.3 Å². The zero-order chi connectivity index (χ0) is 16.1. The maximum Gasteiger partial charge on any atom is 0.257 e. The maximum absolute atomic E-state index is 12.3. The number of hydrogen-bond acceptors (Lipinski definition) is 5. The van der Waals surface area contributed by atoms with Gasteiger partial charge in [0, 0.05) is 32.0 Å². The topological polar surface area (TPSA) is 67.3 Å². The van der Waals surface area contributed by atoms with Gasteiger partial charge in [-0.15, -0.1) is 0 Å². The van der Waals surface area contributed by atoms with E-state index < -0.39 is 0 Å². The molecule has 23 heavy (non-hydrogen) atoms. The van der Waals surface area contributed by atoms with Crippen molar-refractivity contribution in [3.8, 4) is 5.88 Å². The Morgan fingerprint density at radius 2 is 2.09 bits per heavy atom. The van der Waals surface area contributed by atoms with Crippen molar-refractivity contribution in [2.24, 2.45) is 0 Å². The van der Waals surface area contributed by atoms with Crippen LogP contribution in [0.25, 0.3) is 0 Å². The molecule has 0 radical (unpaired) electrons. The molecule has 3 heterocycles. The van der Waals surface area contributed by atoms with Crippen LogP contribution in [0.15, 0.2) is 36.7 Å². The molecule has 1 amide bonds. The molecular formula is C17H20N4O2. The standard InChI is InChI=1S/C17H20N4O2/c1-23-17-14(5-4-7-19-17)16(22)20-12-13-6-8-18-15(11-13)21-9-2-3-10-21/h4-8,11H,2-3,9-10,12H2,1H3,(H,20,22). The highest BCUT2D eigenvalue weighted by Gasteiger charge is 2.15. The summed E-state index contributed by atoms with van der Waals surface area (Å²) in [6, 6.07) is 7.37. The molecule has 0 bridgehead atoms. The summed E-state index contributed by atoms with van der Waals surface area (Å²) in [5.74, 6) is 1.11. The van der Waals surface area contributed by atoms with Gasteiger partial charge < -0.3 is 15.0 Å². The van der Waals surface area contributed by atoms with E-state index in [1.165, 1.54) is 20.0 Å². The smallest absolute Gasteiger partial charge is 0.257 e. The van der Waals surface area contributed by atoms with Gasteiger partial charge >= 0.3 is 0 Å². The average molecular weight is 312 g/mol. The van der Waals surface area contributed by atoms with Crippen molar-refractivity contribution in [3.63, 3.8) is 0 Å². The molecule has 0 spiro atoms. The Hall–Kier alpha value is -2.63. The van der Waals surface area contributed by atoms with Crippen LogP contribution in [0.3, 0.4) is 0 Å². The molecule has 120 valence electrons. The molecule has 3 rings (SSSR count). The van der Waals surface area contributed by atoms with Crippen LogP contribution in [0.5, 0.6) is 5.88 Å². The third-order valence-corrected chi connectivity index (χ3v) is 3.90. The van der Waals surface area contributed by atoms with Crippen LogP contribution >= 0.6 is 0 Å². The molecule has 6 heteroatoms. The van der Waals surface area contributed by atoms with E-state index >= 15 is 0 Å². The largest absolute Gasteiger partial charge is 0.480 e. The molecule has 2 aromatic heterocycles. The Labute approximate surface area is 135 Å². The van der Waals surface area contributed by atoms with E-state index in [1.54, 1.807) is 24.5 Å². The van der Waals surface area contributed by atoms with E-state index in [4.69, 9.17) is 4.74 Å². The third-order valence-electron chi connectivity index (χ3n) is 3.90. The number of carbonyl (C=O) groups is 1. The minimum atomic E-state index is -0.200. The summed E-state index contributed by atoms with van der Waals surface area (Å²) in [4.78, 5) is 23.0. The van der Waals surface area contributed by atoms with Gasteiger partial charge in [0.2, 0.25) is 5.88 Å². The van der Waals surface area contributed by atoms with Crippen molar-refractivity contribution in [2.45, 2.75) is 19.4 Å². The summed E-state index contributed by atoms with van der Waals surface area (Å²) in [5.41, 5.74) is 1.46. The molecule has 1 aliphatic rings. The van der Waals surface area contributed by atoms with Gasteiger partial charge in [0.25, 0.3) is 5.91 Å². The Kier molecular flexibility index (Phi) is 4.71. The van der Waals surface area contributed by atoms with E-state index in [2.05, 4.69) is 20.2 Å². The molecule has 0 aliphatic carbocycles. The predicted octanol–water partition coefficient (Wildman–Crippen LogP) is 2.02. The van der Waals surface area contributed by atoms with Crippen molar-refractivity contribution in [1.29, 1.82) is 0 Å². The Balaban J connectivity index is 1.66. The van der Waals surface area contributed by atoms with Gasteiger partial charge in [-0.25, -0.2) is 9.97 Å². The number of pyridine rings is 2. The summed E-state index contributed by atoms with van der Waals surface area (Å²) >= 11 is 0. The van der Waals surface area contributed by atoms with Crippen LogP contribution in [0.2, 0.25) is 0 Å². The zero-order valence-corrected chi connectivity index (χ0v) is 13.2. The lowest BCUT2D eigenvalue weighted by Crippen LogP contribution is -2.24. The molecule has 2 aromatic rings. The number of rotatable bonds is 5. The highest BCUT2D eigenvalue weighted by molar-refractivity contribution is 5.96. The quantitative estimate of drug-likeness (QED) is 0.915. The van der Waals surface area contributed by atoms with E-state index in [-0.39, 0.29) is 5.91 Å². The molecule has 6 nitrogen and oxygen atoms in total. The Bertz CT molecular complexity index is 684. The van der Waals surface area contributed by atoms with E-state index in [9.17, 15) is 4.79 Å². The second-order valence-corrected chi connectivity index (χ2v) is 5.46. The number of nitrogens with zero attached hydrogens (tertiary/aromatic N) is 3. The minimum absolute atomic E-state index is 0.200. The normalized spacial score (nSPS) is 13.9. The summed E-state index contributed by atoms with van der Waals surface area (Å²) < 4.78 is 5.12. The van der Waals surface area contributed by atoms with E-state index in [0.717, 1.165) is 24.5 Å². The fraction of sp³-hybridized carbons (Fsp3) is 0.353. The molecule has 0 unspecified atom stereocenters. The summed E-state index contributed by atoms with van der Waals surface area (Å²) in [6.07, 6.45) is 5.81. The van der Waals surface area contributed by atoms with Gasteiger partial charge in [0.1, 0.15) is 11.4 Å². The molecular weight excluding hydrogens is 292 g/mol. The highest BCUT2D eigenvalue weighted by atomic mass is 16.5. The van der Waals surface area contributed by atoms with Crippen molar-refractivity contribution >= 4 is 11.7 Å². The lowest BCUT2D eigenvalue weighted by molar-refractivity contribution is 0.0947. The van der Waals surface area contributed by atoms with Crippen LogP contribution in [0.1, 0.15) is 28.8 Å². The summed E-state index contributed by atoms with van der Waals surface area (Å²) in [6.45, 7) is 2.55. The number of carbonyl (C=O) groups excluding carboxylic acids is 1. The number of methoxy groups -OCH3 is 1. The molecule has 0 atom stereocenters. The van der Waals surface area contributed by atoms with Crippen LogP contribution in [0, 0.1) is 0 Å².